The van der Waals surface area contributed by atoms with Crippen LogP contribution in [0.3, 0.4) is 0 Å². The smallest absolute Gasteiger partial charge is 0.329 e. The largest absolute Gasteiger partial charge is 0.493 e. The molecule has 0 unspecified atom stereocenters. The highest BCUT2D eigenvalue weighted by Gasteiger charge is 2.35. The van der Waals surface area contributed by atoms with Crippen molar-refractivity contribution in [2.75, 3.05) is 27.9 Å². The quantitative estimate of drug-likeness (QED) is 0.488. The number of benzene rings is 1. The number of nitrogens with one attached hydrogen (secondary N) is 1. The van der Waals surface area contributed by atoms with Gasteiger partial charge >= 0.3 is 12.0 Å². The molecule has 1 N–H and O–H groups in total. The molecule has 9 heteroatoms. The lowest BCUT2D eigenvalue weighted by atomic mass is 10.1. The minimum absolute atomic E-state index is 0.0157. The van der Waals surface area contributed by atoms with Gasteiger partial charge in [-0.25, -0.2) is 9.69 Å². The van der Waals surface area contributed by atoms with E-state index in [1.165, 1.54) is 33.5 Å². The summed E-state index contributed by atoms with van der Waals surface area (Å²) in [7, 11) is 4.10. The van der Waals surface area contributed by atoms with E-state index in [1.54, 1.807) is 6.07 Å². The van der Waals surface area contributed by atoms with Crippen molar-refractivity contribution in [1.82, 2.24) is 10.2 Å². The summed E-state index contributed by atoms with van der Waals surface area (Å²) < 4.78 is 14.8. The molecule has 8 nitrogen and oxygen atoms in total. The predicted octanol–water partition coefficient (Wildman–Crippen LogP) is 1.42. The normalized spacial score (nSPS) is 15.5. The van der Waals surface area contributed by atoms with Gasteiger partial charge in [0.25, 0.3) is 5.91 Å². The van der Waals surface area contributed by atoms with Crippen LogP contribution in [0.4, 0.5) is 4.79 Å². The standard InChI is InChI=1S/C15H15ClN2O6/c1-22-11-5-8(9(16)6-12(11)23-2)4-10-14(20)18(15(21)17-10)7-13(19)24-3/h4-6H,7H2,1-3H3,(H,17,21). The summed E-state index contributed by atoms with van der Waals surface area (Å²) in [5, 5.41) is 2.68. The zero-order chi connectivity index (χ0) is 17.9. The van der Waals surface area contributed by atoms with Crippen molar-refractivity contribution in [3.05, 3.63) is 28.4 Å². The summed E-state index contributed by atoms with van der Waals surface area (Å²) >= 11 is 6.15. The molecule has 0 saturated carbocycles. The number of imide groups is 1. The van der Waals surface area contributed by atoms with E-state index in [4.69, 9.17) is 21.1 Å². The number of esters is 1. The average molecular weight is 355 g/mol. The van der Waals surface area contributed by atoms with Gasteiger partial charge in [-0.15, -0.1) is 0 Å². The van der Waals surface area contributed by atoms with Gasteiger partial charge in [-0.2, -0.15) is 0 Å². The van der Waals surface area contributed by atoms with E-state index in [-0.39, 0.29) is 5.70 Å². The number of nitrogens with zero attached hydrogens (tertiary/aromatic N) is 1. The van der Waals surface area contributed by atoms with Gasteiger partial charge < -0.3 is 19.5 Å². The lowest BCUT2D eigenvalue weighted by Gasteiger charge is -2.10. The van der Waals surface area contributed by atoms with Crippen LogP contribution in [-0.2, 0) is 14.3 Å². The Morgan fingerprint density at radius 2 is 1.83 bits per heavy atom. The number of ether oxygens (including phenoxy) is 3. The van der Waals surface area contributed by atoms with Crippen molar-refractivity contribution >= 4 is 35.6 Å². The summed E-state index contributed by atoms with van der Waals surface area (Å²) in [6.07, 6.45) is 1.39. The van der Waals surface area contributed by atoms with Crippen molar-refractivity contribution in [3.8, 4) is 11.5 Å². The number of rotatable bonds is 5. The summed E-state index contributed by atoms with van der Waals surface area (Å²) in [4.78, 5) is 36.0. The van der Waals surface area contributed by atoms with Gasteiger partial charge in [0.1, 0.15) is 12.2 Å². The number of amides is 3. The Morgan fingerprint density at radius 3 is 2.42 bits per heavy atom. The van der Waals surface area contributed by atoms with Crippen molar-refractivity contribution in [2.45, 2.75) is 0 Å². The molecule has 2 rings (SSSR count). The molecular formula is C15H15ClN2O6. The molecule has 1 saturated heterocycles. The number of halogens is 1. The number of carbonyl (C=O) groups excluding carboxylic acids is 3. The third-order valence-electron chi connectivity index (χ3n) is 3.28. The van der Waals surface area contributed by atoms with Crippen LogP contribution >= 0.6 is 11.6 Å². The van der Waals surface area contributed by atoms with Crippen LogP contribution in [0, 0.1) is 0 Å². The fourth-order valence-electron chi connectivity index (χ4n) is 2.04. The van der Waals surface area contributed by atoms with E-state index in [9.17, 15) is 14.4 Å². The second-order valence-corrected chi connectivity index (χ2v) is 5.09. The van der Waals surface area contributed by atoms with Gasteiger partial charge in [-0.1, -0.05) is 11.6 Å². The summed E-state index contributed by atoms with van der Waals surface area (Å²) in [6, 6.07) is 2.38. The van der Waals surface area contributed by atoms with Crippen molar-refractivity contribution in [3.63, 3.8) is 0 Å². The van der Waals surface area contributed by atoms with Crippen LogP contribution in [0.2, 0.25) is 5.02 Å². The van der Waals surface area contributed by atoms with Crippen LogP contribution < -0.4 is 14.8 Å². The van der Waals surface area contributed by atoms with E-state index in [0.29, 0.717) is 22.1 Å². The molecule has 1 aromatic carbocycles. The topological polar surface area (TPSA) is 94.2 Å². The molecule has 1 fully saturated rings. The highest BCUT2D eigenvalue weighted by Crippen LogP contribution is 2.34. The van der Waals surface area contributed by atoms with Crippen LogP contribution in [-0.4, -0.2) is 50.7 Å². The van der Waals surface area contributed by atoms with Crippen LogP contribution in [0.15, 0.2) is 17.8 Å². The molecule has 3 amide bonds. The van der Waals surface area contributed by atoms with Gasteiger partial charge in [-0.05, 0) is 17.7 Å². The highest BCUT2D eigenvalue weighted by molar-refractivity contribution is 6.32. The summed E-state index contributed by atoms with van der Waals surface area (Å²) in [6.45, 7) is -0.474. The first kappa shape index (κ1) is 17.6. The molecule has 24 heavy (non-hydrogen) atoms. The molecule has 1 aromatic rings. The Kier molecular flexibility index (Phi) is 5.30. The van der Waals surface area contributed by atoms with E-state index in [0.717, 1.165) is 4.90 Å². The van der Waals surface area contributed by atoms with Crippen molar-refractivity contribution in [2.24, 2.45) is 0 Å². The monoisotopic (exact) mass is 354 g/mol. The maximum Gasteiger partial charge on any atom is 0.329 e. The lowest BCUT2D eigenvalue weighted by Crippen LogP contribution is -2.36. The molecule has 0 aliphatic carbocycles. The molecule has 128 valence electrons. The zero-order valence-electron chi connectivity index (χ0n) is 13.2. The molecule has 0 atom stereocenters. The molecule has 0 spiro atoms. The average Bonchev–Trinajstić information content (AvgIpc) is 2.83. The van der Waals surface area contributed by atoms with Crippen molar-refractivity contribution < 1.29 is 28.6 Å². The zero-order valence-corrected chi connectivity index (χ0v) is 14.0. The molecule has 0 aromatic heterocycles. The van der Waals surface area contributed by atoms with E-state index < -0.39 is 24.5 Å². The van der Waals surface area contributed by atoms with Gasteiger partial charge in [-0.3, -0.25) is 9.59 Å². The van der Waals surface area contributed by atoms with E-state index >= 15 is 0 Å². The Hall–Kier alpha value is -2.74. The van der Waals surface area contributed by atoms with Crippen LogP contribution in [0.5, 0.6) is 11.5 Å². The minimum Gasteiger partial charge on any atom is -0.493 e. The van der Waals surface area contributed by atoms with Gasteiger partial charge in [0.15, 0.2) is 11.5 Å². The van der Waals surface area contributed by atoms with Gasteiger partial charge in [0, 0.05) is 6.07 Å². The highest BCUT2D eigenvalue weighted by atomic mass is 35.5. The van der Waals surface area contributed by atoms with Crippen LogP contribution in [0.1, 0.15) is 5.56 Å². The fourth-order valence-corrected chi connectivity index (χ4v) is 2.25. The van der Waals surface area contributed by atoms with Crippen molar-refractivity contribution in [1.29, 1.82) is 0 Å². The second-order valence-electron chi connectivity index (χ2n) is 4.68. The minimum atomic E-state index is -0.715. The maximum atomic E-state index is 12.2. The third-order valence-corrected chi connectivity index (χ3v) is 3.61. The number of urea groups is 1. The number of hydrogen-bond donors (Lipinski definition) is 1. The molecular weight excluding hydrogens is 340 g/mol. The maximum absolute atomic E-state index is 12.2. The number of hydrogen-bond acceptors (Lipinski definition) is 6. The van der Waals surface area contributed by atoms with E-state index in [2.05, 4.69) is 10.1 Å². The third kappa shape index (κ3) is 3.43. The SMILES string of the molecule is COC(=O)CN1C(=O)NC(=Cc2cc(OC)c(OC)cc2Cl)C1=O. The molecule has 0 radical (unpaired) electrons. The first-order valence-corrected chi connectivity index (χ1v) is 7.12. The fraction of sp³-hybridized carbons (Fsp3) is 0.267. The molecule has 1 aliphatic rings. The Balaban J connectivity index is 2.34. The first-order valence-electron chi connectivity index (χ1n) is 6.74. The summed E-state index contributed by atoms with van der Waals surface area (Å²) in [5.74, 6) is -0.518. The van der Waals surface area contributed by atoms with Crippen LogP contribution in [0.25, 0.3) is 6.08 Å². The van der Waals surface area contributed by atoms with Gasteiger partial charge in [0.05, 0.1) is 26.4 Å². The molecule has 1 aliphatic heterocycles. The second kappa shape index (κ2) is 7.22. The number of methoxy groups -OCH3 is 3. The summed E-state index contributed by atoms with van der Waals surface area (Å²) in [5.41, 5.74) is 0.427. The Morgan fingerprint density at radius 1 is 1.21 bits per heavy atom. The molecule has 0 bridgehead atoms. The first-order chi connectivity index (χ1) is 11.4. The van der Waals surface area contributed by atoms with E-state index in [1.807, 2.05) is 0 Å². The Bertz CT molecular complexity index is 731. The van der Waals surface area contributed by atoms with Gasteiger partial charge in [0.2, 0.25) is 0 Å². The Labute approximate surface area is 142 Å². The predicted molar refractivity (Wildman–Crippen MR) is 84.8 cm³/mol. The number of carbonyl (C=O) groups is 3. The lowest BCUT2D eigenvalue weighted by molar-refractivity contribution is -0.143. The molecule has 1 heterocycles.